The summed E-state index contributed by atoms with van der Waals surface area (Å²) in [5, 5.41) is 13.5. The average Bonchev–Trinajstić information content (AvgIpc) is 2.45. The molecule has 1 amide bonds. The molecule has 0 saturated heterocycles. The topological polar surface area (TPSA) is 108 Å². The first-order valence-electron chi connectivity index (χ1n) is 6.05. The highest BCUT2D eigenvalue weighted by atomic mass is 16.6. The van der Waals surface area contributed by atoms with Crippen molar-refractivity contribution in [3.05, 3.63) is 33.9 Å². The lowest BCUT2D eigenvalue weighted by molar-refractivity contribution is -0.385. The molecule has 21 heavy (non-hydrogen) atoms. The summed E-state index contributed by atoms with van der Waals surface area (Å²) in [5.41, 5.74) is 0.110. The van der Waals surface area contributed by atoms with Crippen LogP contribution in [0.15, 0.2) is 18.2 Å². The maximum atomic E-state index is 11.6. The van der Waals surface area contributed by atoms with Crippen molar-refractivity contribution in [2.75, 3.05) is 14.2 Å². The molecule has 0 unspecified atom stereocenters. The Balaban J connectivity index is 3.10. The Kier molecular flexibility index (Phi) is 5.65. The lowest BCUT2D eigenvalue weighted by Crippen LogP contribution is -2.42. The van der Waals surface area contributed by atoms with Gasteiger partial charge in [0.2, 0.25) is 5.91 Å². The summed E-state index contributed by atoms with van der Waals surface area (Å²) >= 11 is 0. The number of carbonyl (C=O) groups excluding carboxylic acids is 2. The van der Waals surface area contributed by atoms with E-state index >= 15 is 0 Å². The van der Waals surface area contributed by atoms with Crippen molar-refractivity contribution in [1.29, 1.82) is 0 Å². The second kappa shape index (κ2) is 7.22. The normalized spacial score (nSPS) is 11.4. The highest BCUT2D eigenvalue weighted by Crippen LogP contribution is 2.25. The van der Waals surface area contributed by atoms with Gasteiger partial charge in [0.25, 0.3) is 5.69 Å². The van der Waals surface area contributed by atoms with Crippen molar-refractivity contribution in [3.63, 3.8) is 0 Å². The Bertz CT molecular complexity index is 558. The van der Waals surface area contributed by atoms with Crippen LogP contribution < -0.4 is 10.1 Å². The maximum absolute atomic E-state index is 11.6. The number of carbonyl (C=O) groups is 2. The van der Waals surface area contributed by atoms with Crippen LogP contribution in [-0.2, 0) is 20.7 Å². The molecule has 114 valence electrons. The van der Waals surface area contributed by atoms with Gasteiger partial charge in [-0.25, -0.2) is 4.79 Å². The lowest BCUT2D eigenvalue weighted by Gasteiger charge is -2.15. The van der Waals surface area contributed by atoms with Crippen LogP contribution in [-0.4, -0.2) is 37.1 Å². The lowest BCUT2D eigenvalue weighted by atomic mass is 10.0. The van der Waals surface area contributed by atoms with Crippen LogP contribution >= 0.6 is 0 Å². The molecule has 0 bridgehead atoms. The number of rotatable bonds is 6. The molecule has 1 atom stereocenters. The molecule has 0 radical (unpaired) electrons. The van der Waals surface area contributed by atoms with Gasteiger partial charge in [-0.1, -0.05) is 0 Å². The fraction of sp³-hybridized carbons (Fsp3) is 0.385. The monoisotopic (exact) mass is 296 g/mol. The number of methoxy groups -OCH3 is 2. The third kappa shape index (κ3) is 4.44. The number of nitro groups is 1. The summed E-state index contributed by atoms with van der Waals surface area (Å²) in [4.78, 5) is 33.2. The predicted octanol–water partition coefficient (Wildman–Crippen LogP) is 0.824. The first-order valence-corrected chi connectivity index (χ1v) is 6.05. The van der Waals surface area contributed by atoms with E-state index in [-0.39, 0.29) is 12.1 Å². The number of nitro benzene ring substituents is 1. The Morgan fingerprint density at radius 2 is 2.05 bits per heavy atom. The standard InChI is InChI=1S/C13H16N2O6/c1-8(16)14-11(13(17)21-3)6-9-4-5-10(20-2)7-12(9)15(18)19/h4-5,7,11H,6H2,1-3H3,(H,14,16)/t11-/m0/s1. The van der Waals surface area contributed by atoms with E-state index < -0.39 is 22.8 Å². The number of benzene rings is 1. The Morgan fingerprint density at radius 1 is 1.38 bits per heavy atom. The molecule has 1 aromatic carbocycles. The molecule has 0 saturated carbocycles. The van der Waals surface area contributed by atoms with Crippen LogP contribution in [0.5, 0.6) is 5.75 Å². The zero-order valence-corrected chi connectivity index (χ0v) is 11.9. The number of hydrogen-bond donors (Lipinski definition) is 1. The Hall–Kier alpha value is -2.64. The average molecular weight is 296 g/mol. The number of nitrogens with zero attached hydrogens (tertiary/aromatic N) is 1. The van der Waals surface area contributed by atoms with Crippen molar-refractivity contribution in [1.82, 2.24) is 5.32 Å². The van der Waals surface area contributed by atoms with Gasteiger partial charge in [-0.15, -0.1) is 0 Å². The molecule has 8 heteroatoms. The van der Waals surface area contributed by atoms with Gasteiger partial charge in [-0.2, -0.15) is 0 Å². The van der Waals surface area contributed by atoms with Crippen LogP contribution in [0, 0.1) is 10.1 Å². The van der Waals surface area contributed by atoms with Gasteiger partial charge >= 0.3 is 5.97 Å². The molecule has 0 aromatic heterocycles. The van der Waals surface area contributed by atoms with Crippen molar-refractivity contribution >= 4 is 17.6 Å². The first-order chi connectivity index (χ1) is 9.88. The minimum atomic E-state index is -0.986. The number of hydrogen-bond acceptors (Lipinski definition) is 6. The summed E-state index contributed by atoms with van der Waals surface area (Å²) in [6.07, 6.45) is -0.0490. The van der Waals surface area contributed by atoms with Crippen LogP contribution in [0.1, 0.15) is 12.5 Å². The fourth-order valence-electron chi connectivity index (χ4n) is 1.81. The maximum Gasteiger partial charge on any atom is 0.328 e. The second-order valence-electron chi connectivity index (χ2n) is 4.23. The number of ether oxygens (including phenoxy) is 2. The molecule has 1 rings (SSSR count). The van der Waals surface area contributed by atoms with E-state index in [1.54, 1.807) is 6.07 Å². The second-order valence-corrected chi connectivity index (χ2v) is 4.23. The molecule has 0 spiro atoms. The summed E-state index contributed by atoms with van der Waals surface area (Å²) in [7, 11) is 2.58. The van der Waals surface area contributed by atoms with Gasteiger partial charge in [0.15, 0.2) is 0 Å². The molecule has 0 aliphatic heterocycles. The molecule has 0 heterocycles. The van der Waals surface area contributed by atoms with Gasteiger partial charge in [-0.05, 0) is 12.1 Å². The van der Waals surface area contributed by atoms with Gasteiger partial charge in [0.05, 0.1) is 25.2 Å². The first kappa shape index (κ1) is 16.4. The van der Waals surface area contributed by atoms with Gasteiger partial charge in [0.1, 0.15) is 11.8 Å². The minimum absolute atomic E-state index is 0.0490. The van der Waals surface area contributed by atoms with E-state index in [9.17, 15) is 19.7 Å². The van der Waals surface area contributed by atoms with Crippen molar-refractivity contribution in [2.24, 2.45) is 0 Å². The zero-order chi connectivity index (χ0) is 16.0. The van der Waals surface area contributed by atoms with E-state index in [0.29, 0.717) is 11.3 Å². The quantitative estimate of drug-likeness (QED) is 0.473. The molecule has 0 fully saturated rings. The summed E-state index contributed by atoms with van der Waals surface area (Å²) in [6, 6.07) is 3.30. The van der Waals surface area contributed by atoms with Crippen molar-refractivity contribution in [3.8, 4) is 5.75 Å². The molecule has 8 nitrogen and oxygen atoms in total. The highest BCUT2D eigenvalue weighted by Gasteiger charge is 2.25. The summed E-state index contributed by atoms with van der Waals surface area (Å²) in [5.74, 6) is -0.767. The van der Waals surface area contributed by atoms with Gasteiger partial charge < -0.3 is 14.8 Å². The summed E-state index contributed by atoms with van der Waals surface area (Å²) < 4.78 is 9.51. The number of nitrogens with one attached hydrogen (secondary N) is 1. The van der Waals surface area contributed by atoms with Crippen molar-refractivity contribution in [2.45, 2.75) is 19.4 Å². The number of esters is 1. The SMILES string of the molecule is COC(=O)[C@H](Cc1ccc(OC)cc1[N+](=O)[O-])NC(C)=O. The highest BCUT2D eigenvalue weighted by molar-refractivity contribution is 5.83. The summed E-state index contributed by atoms with van der Waals surface area (Å²) in [6.45, 7) is 1.25. The van der Waals surface area contributed by atoms with E-state index in [1.807, 2.05) is 0 Å². The minimum Gasteiger partial charge on any atom is -0.497 e. The Labute approximate surface area is 121 Å². The van der Waals surface area contributed by atoms with E-state index in [2.05, 4.69) is 10.1 Å². The Morgan fingerprint density at radius 3 is 2.52 bits per heavy atom. The van der Waals surface area contributed by atoms with Gasteiger partial charge in [-0.3, -0.25) is 14.9 Å². The predicted molar refractivity (Wildman–Crippen MR) is 73.0 cm³/mol. The van der Waals surface area contributed by atoms with Crippen LogP contribution in [0.4, 0.5) is 5.69 Å². The van der Waals surface area contributed by atoms with E-state index in [4.69, 9.17) is 4.74 Å². The van der Waals surface area contributed by atoms with Crippen LogP contribution in [0.2, 0.25) is 0 Å². The smallest absolute Gasteiger partial charge is 0.328 e. The van der Waals surface area contributed by atoms with Crippen molar-refractivity contribution < 1.29 is 24.0 Å². The molecular formula is C13H16N2O6. The number of amides is 1. The van der Waals surface area contributed by atoms with Gasteiger partial charge in [0, 0.05) is 18.9 Å². The fourth-order valence-corrected chi connectivity index (χ4v) is 1.81. The third-order valence-electron chi connectivity index (χ3n) is 2.78. The molecule has 1 N–H and O–H groups in total. The largest absolute Gasteiger partial charge is 0.497 e. The molecule has 1 aromatic rings. The van der Waals surface area contributed by atoms with E-state index in [0.717, 1.165) is 0 Å². The van der Waals surface area contributed by atoms with Crippen LogP contribution in [0.25, 0.3) is 0 Å². The molecule has 0 aliphatic rings. The third-order valence-corrected chi connectivity index (χ3v) is 2.78. The zero-order valence-electron chi connectivity index (χ0n) is 11.9. The van der Waals surface area contributed by atoms with Crippen LogP contribution in [0.3, 0.4) is 0 Å². The molecule has 0 aliphatic carbocycles. The molecular weight excluding hydrogens is 280 g/mol. The van der Waals surface area contributed by atoms with E-state index in [1.165, 1.54) is 33.3 Å².